The van der Waals surface area contributed by atoms with E-state index in [-0.39, 0.29) is 0 Å². The van der Waals surface area contributed by atoms with E-state index in [1.807, 2.05) is 0 Å². The standard InChI is InChI=1S/C24H19/c1-17-7-11-19(12-8-17)23-15-21-5-3-4-6-22(21)16-24(23)20-13-9-18(2)10-14-20/h3-15H,1-2H3. The molecular formula is C24H19. The first-order valence-electron chi connectivity index (χ1n) is 8.30. The highest BCUT2D eigenvalue weighted by Gasteiger charge is 2.10. The molecule has 0 heteroatoms. The van der Waals surface area contributed by atoms with Crippen molar-refractivity contribution in [2.24, 2.45) is 0 Å². The predicted molar refractivity (Wildman–Crippen MR) is 103 cm³/mol. The molecule has 0 heterocycles. The monoisotopic (exact) mass is 307 g/mol. The van der Waals surface area contributed by atoms with Gasteiger partial charge in [-0.1, -0.05) is 83.9 Å². The van der Waals surface area contributed by atoms with Crippen molar-refractivity contribution in [2.75, 3.05) is 0 Å². The summed E-state index contributed by atoms with van der Waals surface area (Å²) in [6.45, 7) is 4.24. The van der Waals surface area contributed by atoms with Crippen molar-refractivity contribution in [3.8, 4) is 22.3 Å². The highest BCUT2D eigenvalue weighted by Crippen LogP contribution is 2.35. The van der Waals surface area contributed by atoms with E-state index in [1.54, 1.807) is 0 Å². The molecule has 0 amide bonds. The summed E-state index contributed by atoms with van der Waals surface area (Å²) >= 11 is 0. The quantitative estimate of drug-likeness (QED) is 0.392. The maximum absolute atomic E-state index is 3.64. The van der Waals surface area contributed by atoms with Gasteiger partial charge in [0.2, 0.25) is 0 Å². The highest BCUT2D eigenvalue weighted by atomic mass is 14.1. The van der Waals surface area contributed by atoms with Crippen molar-refractivity contribution in [3.63, 3.8) is 0 Å². The van der Waals surface area contributed by atoms with Crippen molar-refractivity contribution in [1.82, 2.24) is 0 Å². The second kappa shape index (κ2) is 5.98. The molecule has 4 aromatic rings. The van der Waals surface area contributed by atoms with Crippen molar-refractivity contribution in [3.05, 3.63) is 96.1 Å². The van der Waals surface area contributed by atoms with E-state index in [0.717, 1.165) is 10.9 Å². The van der Waals surface area contributed by atoms with Crippen LogP contribution in [-0.4, -0.2) is 0 Å². The van der Waals surface area contributed by atoms with Gasteiger partial charge in [0.1, 0.15) is 0 Å². The molecule has 0 aliphatic rings. The van der Waals surface area contributed by atoms with Crippen LogP contribution in [0.25, 0.3) is 33.0 Å². The Bertz CT molecular complexity index is 906. The number of benzene rings is 4. The number of hydrogen-bond acceptors (Lipinski definition) is 0. The molecule has 24 heavy (non-hydrogen) atoms. The molecule has 0 atom stereocenters. The number of aryl methyl sites for hydroxylation is 2. The van der Waals surface area contributed by atoms with Crippen LogP contribution in [-0.2, 0) is 0 Å². The van der Waals surface area contributed by atoms with Crippen LogP contribution in [0.2, 0.25) is 0 Å². The van der Waals surface area contributed by atoms with Crippen LogP contribution in [0.4, 0.5) is 0 Å². The molecule has 0 fully saturated rings. The summed E-state index contributed by atoms with van der Waals surface area (Å²) in [5, 5.41) is 2.38. The Morgan fingerprint density at radius 2 is 1.21 bits per heavy atom. The van der Waals surface area contributed by atoms with E-state index in [2.05, 4.69) is 98.8 Å². The van der Waals surface area contributed by atoms with E-state index in [1.165, 1.54) is 33.2 Å². The summed E-state index contributed by atoms with van der Waals surface area (Å²) in [6, 6.07) is 31.8. The lowest BCUT2D eigenvalue weighted by molar-refractivity contribution is 1.46. The molecule has 4 aromatic carbocycles. The number of fused-ring (bicyclic) bond motifs is 1. The fraction of sp³-hybridized carbons (Fsp3) is 0.0833. The van der Waals surface area contributed by atoms with Gasteiger partial charge in [0.05, 0.1) is 0 Å². The molecule has 4 rings (SSSR count). The first-order chi connectivity index (χ1) is 11.7. The lowest BCUT2D eigenvalue weighted by atomic mass is 9.91. The Balaban J connectivity index is 2.00. The van der Waals surface area contributed by atoms with Gasteiger partial charge in [-0.2, -0.15) is 0 Å². The Morgan fingerprint density at radius 3 is 1.88 bits per heavy atom. The minimum absolute atomic E-state index is 1.16. The van der Waals surface area contributed by atoms with Gasteiger partial charge in [-0.3, -0.25) is 0 Å². The second-order valence-electron chi connectivity index (χ2n) is 6.38. The van der Waals surface area contributed by atoms with Gasteiger partial charge in [-0.15, -0.1) is 0 Å². The molecule has 0 saturated heterocycles. The summed E-state index contributed by atoms with van der Waals surface area (Å²) in [5.41, 5.74) is 7.40. The molecule has 0 aromatic heterocycles. The largest absolute Gasteiger partial charge is 0.0616 e. The average Bonchev–Trinajstić information content (AvgIpc) is 2.62. The fourth-order valence-corrected chi connectivity index (χ4v) is 3.08. The number of hydrogen-bond donors (Lipinski definition) is 0. The molecule has 0 nitrogen and oxygen atoms in total. The second-order valence-corrected chi connectivity index (χ2v) is 6.38. The molecule has 1 radical (unpaired) electrons. The van der Waals surface area contributed by atoms with E-state index in [9.17, 15) is 0 Å². The minimum Gasteiger partial charge on any atom is -0.0616 e. The van der Waals surface area contributed by atoms with Crippen molar-refractivity contribution < 1.29 is 0 Å². The molecule has 0 unspecified atom stereocenters. The Kier molecular flexibility index (Phi) is 3.66. The van der Waals surface area contributed by atoms with Crippen molar-refractivity contribution in [2.45, 2.75) is 13.8 Å². The minimum atomic E-state index is 1.16. The zero-order chi connectivity index (χ0) is 16.5. The van der Waals surface area contributed by atoms with Crippen LogP contribution in [0.5, 0.6) is 0 Å². The van der Waals surface area contributed by atoms with Crippen molar-refractivity contribution >= 4 is 10.8 Å². The van der Waals surface area contributed by atoms with E-state index >= 15 is 0 Å². The summed E-state index contributed by atoms with van der Waals surface area (Å²) in [4.78, 5) is 0. The third-order valence-electron chi connectivity index (χ3n) is 4.49. The highest BCUT2D eigenvalue weighted by molar-refractivity contribution is 5.95. The van der Waals surface area contributed by atoms with E-state index < -0.39 is 0 Å². The Morgan fingerprint density at radius 1 is 0.625 bits per heavy atom. The van der Waals surface area contributed by atoms with Crippen LogP contribution in [0, 0.1) is 19.9 Å². The third kappa shape index (κ3) is 2.72. The van der Waals surface area contributed by atoms with Gasteiger partial charge in [-0.25, -0.2) is 0 Å². The third-order valence-corrected chi connectivity index (χ3v) is 4.49. The molecular weight excluding hydrogens is 288 g/mol. The normalized spacial score (nSPS) is 10.9. The molecule has 0 aliphatic heterocycles. The maximum Gasteiger partial charge on any atom is -0.000786 e. The van der Waals surface area contributed by atoms with E-state index in [4.69, 9.17) is 0 Å². The van der Waals surface area contributed by atoms with Gasteiger partial charge in [0.25, 0.3) is 0 Å². The molecule has 0 N–H and O–H groups in total. The topological polar surface area (TPSA) is 0 Å². The molecule has 0 saturated carbocycles. The lowest BCUT2D eigenvalue weighted by Crippen LogP contribution is -1.88. The Labute approximate surface area is 143 Å². The maximum atomic E-state index is 3.64. The van der Waals surface area contributed by atoms with Crippen molar-refractivity contribution in [1.29, 1.82) is 0 Å². The molecule has 0 spiro atoms. The lowest BCUT2D eigenvalue weighted by Gasteiger charge is -2.13. The van der Waals surface area contributed by atoms with Crippen LogP contribution in [0.1, 0.15) is 11.1 Å². The smallest absolute Gasteiger partial charge is 0.000786 e. The predicted octanol–water partition coefficient (Wildman–Crippen LogP) is 6.59. The van der Waals surface area contributed by atoms with Gasteiger partial charge in [0, 0.05) is 0 Å². The van der Waals surface area contributed by atoms with Gasteiger partial charge >= 0.3 is 0 Å². The SMILES string of the molecule is Cc1ccc(-c2[c]c3ccccc3cc2-c2ccc(C)cc2)cc1. The molecule has 0 bridgehead atoms. The van der Waals surface area contributed by atoms with Crippen LogP contribution < -0.4 is 0 Å². The van der Waals surface area contributed by atoms with Gasteiger partial charge in [0.15, 0.2) is 0 Å². The fourth-order valence-electron chi connectivity index (χ4n) is 3.08. The zero-order valence-electron chi connectivity index (χ0n) is 14.0. The summed E-state index contributed by atoms with van der Waals surface area (Å²) < 4.78 is 0. The van der Waals surface area contributed by atoms with E-state index in [0.29, 0.717) is 0 Å². The van der Waals surface area contributed by atoms with Crippen LogP contribution in [0.15, 0.2) is 78.9 Å². The summed E-state index contributed by atoms with van der Waals surface area (Å²) in [5.74, 6) is 0. The zero-order valence-corrected chi connectivity index (χ0v) is 14.0. The van der Waals surface area contributed by atoms with Crippen LogP contribution in [0.3, 0.4) is 0 Å². The first-order valence-corrected chi connectivity index (χ1v) is 8.30. The average molecular weight is 307 g/mol. The Hall–Kier alpha value is -2.86. The van der Waals surface area contributed by atoms with Gasteiger partial charge < -0.3 is 0 Å². The molecule has 115 valence electrons. The first kappa shape index (κ1) is 14.7. The summed E-state index contributed by atoms with van der Waals surface area (Å²) in [6.07, 6.45) is 0. The van der Waals surface area contributed by atoms with Crippen LogP contribution >= 0.6 is 0 Å². The number of rotatable bonds is 2. The van der Waals surface area contributed by atoms with Gasteiger partial charge in [-0.05, 0) is 59.0 Å². The summed E-state index contributed by atoms with van der Waals surface area (Å²) in [7, 11) is 0. The molecule has 0 aliphatic carbocycles.